The van der Waals surface area contributed by atoms with Crippen molar-refractivity contribution in [2.45, 2.75) is 26.5 Å². The molecule has 1 aromatic heterocycles. The Labute approximate surface area is 265 Å². The number of hydrogen-bond acceptors (Lipinski definition) is 7. The lowest BCUT2D eigenvalue weighted by molar-refractivity contribution is -0.139. The standard InChI is InChI=1S/C31H24Cl3FN2O5S/c1-4-41-30(39)26-16(2)36-31-37(27(26)18-6-9-21(35)10-7-18)29(38)25(43-31)13-17-11-23(34)28(24(12-17)40-3)42-15-19-5-8-20(32)14-22(19)33/h5-14,27H,4,15H2,1-3H3/b25-13-/t27-/m0/s1. The van der Waals surface area contributed by atoms with E-state index in [1.54, 1.807) is 50.3 Å². The maximum atomic E-state index is 13.8. The molecule has 1 aliphatic rings. The molecule has 0 aliphatic carbocycles. The summed E-state index contributed by atoms with van der Waals surface area (Å²) < 4.78 is 32.3. The molecule has 0 unspecified atom stereocenters. The molecule has 5 rings (SSSR count). The van der Waals surface area contributed by atoms with Crippen molar-refractivity contribution in [1.82, 2.24) is 4.57 Å². The van der Waals surface area contributed by atoms with E-state index in [0.717, 1.165) is 11.3 Å². The fourth-order valence-corrected chi connectivity index (χ4v) is 6.44. The summed E-state index contributed by atoms with van der Waals surface area (Å²) in [6.07, 6.45) is 1.66. The quantitative estimate of drug-likeness (QED) is 0.202. The number of hydrogen-bond donors (Lipinski definition) is 0. The van der Waals surface area contributed by atoms with Gasteiger partial charge in [0.15, 0.2) is 16.3 Å². The van der Waals surface area contributed by atoms with Gasteiger partial charge in [0, 0.05) is 15.6 Å². The number of nitrogens with zero attached hydrogens (tertiary/aromatic N) is 2. The number of allylic oxidation sites excluding steroid dienone is 1. The van der Waals surface area contributed by atoms with Gasteiger partial charge in [0.1, 0.15) is 12.4 Å². The first kappa shape index (κ1) is 30.8. The SMILES string of the molecule is CCOC(=O)C1=C(C)N=c2s/c(=C\c3cc(Cl)c(OCc4ccc(Cl)cc4Cl)c(OC)c3)c(=O)n2[C@H]1c1ccc(F)cc1. The molecule has 0 spiro atoms. The Morgan fingerprint density at radius 3 is 2.51 bits per heavy atom. The molecule has 0 N–H and O–H groups in total. The van der Waals surface area contributed by atoms with Crippen molar-refractivity contribution >= 4 is 58.2 Å². The van der Waals surface area contributed by atoms with E-state index in [0.29, 0.717) is 53.3 Å². The van der Waals surface area contributed by atoms with Crippen LogP contribution in [0.2, 0.25) is 15.1 Å². The zero-order valence-corrected chi connectivity index (χ0v) is 26.2. The Bertz CT molecular complexity index is 1940. The molecule has 4 aromatic rings. The third kappa shape index (κ3) is 6.35. The lowest BCUT2D eigenvalue weighted by Gasteiger charge is -2.24. The Kier molecular flexibility index (Phi) is 9.27. The average molecular weight is 662 g/mol. The van der Waals surface area contributed by atoms with Gasteiger partial charge in [-0.3, -0.25) is 9.36 Å². The summed E-state index contributed by atoms with van der Waals surface area (Å²) in [6.45, 7) is 3.64. The molecule has 1 aliphatic heterocycles. The van der Waals surface area contributed by atoms with Gasteiger partial charge < -0.3 is 14.2 Å². The predicted octanol–water partition coefficient (Wildman–Crippen LogP) is 6.49. The minimum Gasteiger partial charge on any atom is -0.493 e. The van der Waals surface area contributed by atoms with Crippen molar-refractivity contribution < 1.29 is 23.4 Å². The predicted molar refractivity (Wildman–Crippen MR) is 166 cm³/mol. The molecular weight excluding hydrogens is 638 g/mol. The van der Waals surface area contributed by atoms with Gasteiger partial charge in [-0.05, 0) is 67.4 Å². The summed E-state index contributed by atoms with van der Waals surface area (Å²) in [5, 5.41) is 1.22. The number of esters is 1. The van der Waals surface area contributed by atoms with Gasteiger partial charge in [0.05, 0.1) is 40.6 Å². The van der Waals surface area contributed by atoms with Crippen LogP contribution in [0.3, 0.4) is 0 Å². The van der Waals surface area contributed by atoms with Gasteiger partial charge in [-0.25, -0.2) is 14.2 Å². The van der Waals surface area contributed by atoms with Crippen LogP contribution in [0.15, 0.2) is 75.7 Å². The van der Waals surface area contributed by atoms with Crippen molar-refractivity contribution in [3.63, 3.8) is 0 Å². The number of carbonyl (C=O) groups is 1. The molecular formula is C31H24Cl3FN2O5S. The summed E-state index contributed by atoms with van der Waals surface area (Å²) in [7, 11) is 1.48. The van der Waals surface area contributed by atoms with Gasteiger partial charge in [-0.2, -0.15) is 0 Å². The first-order valence-electron chi connectivity index (χ1n) is 13.0. The number of ether oxygens (including phenoxy) is 3. The second-order valence-electron chi connectivity index (χ2n) is 9.41. The largest absolute Gasteiger partial charge is 0.493 e. The summed E-state index contributed by atoms with van der Waals surface area (Å²) in [5.41, 5.74) is 2.05. The van der Waals surface area contributed by atoms with Gasteiger partial charge >= 0.3 is 5.97 Å². The van der Waals surface area contributed by atoms with E-state index < -0.39 is 17.8 Å². The number of fused-ring (bicyclic) bond motifs is 1. The lowest BCUT2D eigenvalue weighted by Crippen LogP contribution is -2.39. The molecule has 0 bridgehead atoms. The van der Waals surface area contributed by atoms with Crippen LogP contribution in [0.25, 0.3) is 6.08 Å². The normalized spacial score (nSPS) is 14.8. The van der Waals surface area contributed by atoms with Crippen LogP contribution < -0.4 is 24.4 Å². The van der Waals surface area contributed by atoms with Crippen LogP contribution in [0.1, 0.15) is 36.6 Å². The molecule has 7 nitrogen and oxygen atoms in total. The molecule has 43 heavy (non-hydrogen) atoms. The van der Waals surface area contributed by atoms with Crippen molar-refractivity contribution in [2.24, 2.45) is 4.99 Å². The molecule has 0 fully saturated rings. The second kappa shape index (κ2) is 12.9. The highest BCUT2D eigenvalue weighted by atomic mass is 35.5. The minimum absolute atomic E-state index is 0.121. The third-order valence-electron chi connectivity index (χ3n) is 6.64. The highest BCUT2D eigenvalue weighted by Gasteiger charge is 2.33. The van der Waals surface area contributed by atoms with Crippen LogP contribution in [0.5, 0.6) is 11.5 Å². The molecule has 0 saturated carbocycles. The Hall–Kier alpha value is -3.63. The monoisotopic (exact) mass is 660 g/mol. The Morgan fingerprint density at radius 2 is 1.84 bits per heavy atom. The first-order chi connectivity index (χ1) is 20.6. The van der Waals surface area contributed by atoms with Crippen LogP contribution in [-0.2, 0) is 16.1 Å². The van der Waals surface area contributed by atoms with E-state index >= 15 is 0 Å². The molecule has 0 amide bonds. The van der Waals surface area contributed by atoms with Crippen molar-refractivity contribution in [1.29, 1.82) is 0 Å². The maximum Gasteiger partial charge on any atom is 0.338 e. The van der Waals surface area contributed by atoms with E-state index in [1.807, 2.05) is 0 Å². The van der Waals surface area contributed by atoms with Crippen molar-refractivity contribution in [3.8, 4) is 11.5 Å². The topological polar surface area (TPSA) is 79.1 Å². The highest BCUT2D eigenvalue weighted by molar-refractivity contribution is 7.07. The maximum absolute atomic E-state index is 13.8. The van der Waals surface area contributed by atoms with E-state index in [1.165, 1.54) is 35.9 Å². The molecule has 2 heterocycles. The van der Waals surface area contributed by atoms with E-state index in [-0.39, 0.29) is 29.4 Å². The number of thiazole rings is 1. The number of rotatable bonds is 8. The molecule has 12 heteroatoms. The molecule has 0 saturated heterocycles. The van der Waals surface area contributed by atoms with Gasteiger partial charge in [0.25, 0.3) is 5.56 Å². The van der Waals surface area contributed by atoms with Crippen LogP contribution in [0.4, 0.5) is 4.39 Å². The summed E-state index contributed by atoms with van der Waals surface area (Å²) >= 11 is 20.0. The number of aromatic nitrogens is 1. The first-order valence-corrected chi connectivity index (χ1v) is 15.0. The smallest absolute Gasteiger partial charge is 0.338 e. The second-order valence-corrected chi connectivity index (χ2v) is 11.7. The zero-order valence-electron chi connectivity index (χ0n) is 23.1. The number of benzene rings is 3. The van der Waals surface area contributed by atoms with Gasteiger partial charge in [-0.15, -0.1) is 0 Å². The number of halogens is 4. The van der Waals surface area contributed by atoms with Gasteiger partial charge in [-0.1, -0.05) is 64.3 Å². The number of carbonyl (C=O) groups excluding carboxylic acids is 1. The lowest BCUT2D eigenvalue weighted by atomic mass is 9.96. The zero-order chi connectivity index (χ0) is 30.8. The fraction of sp³-hybridized carbons (Fsp3) is 0.194. The van der Waals surface area contributed by atoms with Gasteiger partial charge in [0.2, 0.25) is 0 Å². The summed E-state index contributed by atoms with van der Waals surface area (Å²) in [6, 6.07) is 13.2. The fourth-order valence-electron chi connectivity index (χ4n) is 4.66. The summed E-state index contributed by atoms with van der Waals surface area (Å²) in [5.74, 6) is -0.385. The average Bonchev–Trinajstić information content (AvgIpc) is 3.26. The van der Waals surface area contributed by atoms with Crippen LogP contribution >= 0.6 is 46.1 Å². The van der Waals surface area contributed by atoms with Crippen molar-refractivity contribution in [3.05, 3.63) is 123 Å². The van der Waals surface area contributed by atoms with Crippen LogP contribution in [-0.4, -0.2) is 24.3 Å². The minimum atomic E-state index is -0.855. The molecule has 1 atom stereocenters. The molecule has 0 radical (unpaired) electrons. The Balaban J connectivity index is 1.56. The number of methoxy groups -OCH3 is 1. The van der Waals surface area contributed by atoms with E-state index in [2.05, 4.69) is 4.99 Å². The molecule has 3 aromatic carbocycles. The highest BCUT2D eigenvalue weighted by Crippen LogP contribution is 2.38. The third-order valence-corrected chi connectivity index (χ3v) is 8.49. The summed E-state index contributed by atoms with van der Waals surface area (Å²) in [4.78, 5) is 31.8. The van der Waals surface area contributed by atoms with E-state index in [9.17, 15) is 14.0 Å². The Morgan fingerprint density at radius 1 is 1.09 bits per heavy atom. The van der Waals surface area contributed by atoms with Crippen molar-refractivity contribution in [2.75, 3.05) is 13.7 Å². The van der Waals surface area contributed by atoms with E-state index in [4.69, 9.17) is 49.0 Å². The van der Waals surface area contributed by atoms with Crippen LogP contribution in [0, 0.1) is 5.82 Å². The molecule has 222 valence electrons.